The summed E-state index contributed by atoms with van der Waals surface area (Å²) in [6.45, 7) is 3.59. The molecule has 0 aliphatic heterocycles. The lowest BCUT2D eigenvalue weighted by Crippen LogP contribution is -2.27. The molecule has 0 aliphatic rings. The van der Waals surface area contributed by atoms with Gasteiger partial charge >= 0.3 is 0 Å². The Bertz CT molecular complexity index is 400. The zero-order valence-electron chi connectivity index (χ0n) is 10.7. The van der Waals surface area contributed by atoms with Crippen LogP contribution in [0.4, 0.5) is 0 Å². The Morgan fingerprint density at radius 1 is 1.47 bits per heavy atom. The molecular formula is C13H19NO3. The molecule has 0 saturated carbocycles. The number of rotatable bonds is 4. The predicted octanol–water partition coefficient (Wildman–Crippen LogP) is 1.52. The van der Waals surface area contributed by atoms with E-state index in [2.05, 4.69) is 0 Å². The first-order valence-corrected chi connectivity index (χ1v) is 5.53. The summed E-state index contributed by atoms with van der Waals surface area (Å²) in [5.74, 6) is 0.457. The van der Waals surface area contributed by atoms with Gasteiger partial charge in [-0.25, -0.2) is 0 Å². The first kappa shape index (κ1) is 13.5. The second-order valence-electron chi connectivity index (χ2n) is 4.29. The normalized spacial score (nSPS) is 12.1. The number of carbonyl (C=O) groups is 1. The van der Waals surface area contributed by atoms with Crippen LogP contribution in [0.15, 0.2) is 18.2 Å². The van der Waals surface area contributed by atoms with Gasteiger partial charge < -0.3 is 14.7 Å². The minimum Gasteiger partial charge on any atom is -0.483 e. The number of carbonyl (C=O) groups excluding carboxylic acids is 1. The van der Waals surface area contributed by atoms with Crippen molar-refractivity contribution in [1.29, 1.82) is 0 Å². The largest absolute Gasteiger partial charge is 0.483 e. The van der Waals surface area contributed by atoms with Crippen LogP contribution in [0, 0.1) is 6.92 Å². The van der Waals surface area contributed by atoms with Crippen LogP contribution < -0.4 is 4.74 Å². The van der Waals surface area contributed by atoms with Crippen molar-refractivity contribution in [2.75, 3.05) is 20.7 Å². The Kier molecular flexibility index (Phi) is 4.52. The molecular weight excluding hydrogens is 218 g/mol. The van der Waals surface area contributed by atoms with Crippen molar-refractivity contribution in [1.82, 2.24) is 4.90 Å². The third-order valence-corrected chi connectivity index (χ3v) is 2.47. The van der Waals surface area contributed by atoms with E-state index in [9.17, 15) is 9.90 Å². The van der Waals surface area contributed by atoms with Gasteiger partial charge in [0.25, 0.3) is 5.91 Å². The van der Waals surface area contributed by atoms with Gasteiger partial charge in [-0.3, -0.25) is 4.79 Å². The second-order valence-corrected chi connectivity index (χ2v) is 4.29. The Labute approximate surface area is 102 Å². The average Bonchev–Trinajstić information content (AvgIpc) is 2.25. The fourth-order valence-corrected chi connectivity index (χ4v) is 1.38. The van der Waals surface area contributed by atoms with Gasteiger partial charge in [-0.05, 0) is 25.5 Å². The van der Waals surface area contributed by atoms with Crippen molar-refractivity contribution >= 4 is 5.91 Å². The van der Waals surface area contributed by atoms with Crippen LogP contribution in [0.3, 0.4) is 0 Å². The first-order chi connectivity index (χ1) is 7.91. The molecule has 0 aliphatic carbocycles. The summed E-state index contributed by atoms with van der Waals surface area (Å²) in [6.07, 6.45) is -0.611. The zero-order valence-corrected chi connectivity index (χ0v) is 10.7. The number of aliphatic hydroxyl groups excluding tert-OH is 1. The number of amides is 1. The summed E-state index contributed by atoms with van der Waals surface area (Å²) in [5.41, 5.74) is 1.73. The van der Waals surface area contributed by atoms with Gasteiger partial charge in [0.15, 0.2) is 6.61 Å². The highest BCUT2D eigenvalue weighted by atomic mass is 16.5. The number of likely N-dealkylation sites (N-methyl/N-ethyl adjacent to an activating group) is 1. The van der Waals surface area contributed by atoms with Crippen LogP contribution in [0.2, 0.25) is 0 Å². The van der Waals surface area contributed by atoms with Gasteiger partial charge in [-0.2, -0.15) is 0 Å². The summed E-state index contributed by atoms with van der Waals surface area (Å²) >= 11 is 0. The van der Waals surface area contributed by atoms with E-state index in [4.69, 9.17) is 4.74 Å². The molecule has 1 aromatic rings. The van der Waals surface area contributed by atoms with E-state index in [1.54, 1.807) is 21.0 Å². The summed E-state index contributed by atoms with van der Waals surface area (Å²) < 4.78 is 5.45. The van der Waals surface area contributed by atoms with E-state index in [1.807, 2.05) is 25.1 Å². The molecule has 94 valence electrons. The molecule has 4 heteroatoms. The summed E-state index contributed by atoms with van der Waals surface area (Å²) in [6, 6.07) is 5.54. The Hall–Kier alpha value is -1.55. The molecule has 17 heavy (non-hydrogen) atoms. The summed E-state index contributed by atoms with van der Waals surface area (Å²) in [7, 11) is 3.36. The van der Waals surface area contributed by atoms with Crippen LogP contribution in [-0.4, -0.2) is 36.6 Å². The van der Waals surface area contributed by atoms with E-state index >= 15 is 0 Å². The molecule has 1 N–H and O–H groups in total. The number of aryl methyl sites for hydroxylation is 1. The molecule has 0 radical (unpaired) electrons. The topological polar surface area (TPSA) is 49.8 Å². The van der Waals surface area contributed by atoms with Crippen molar-refractivity contribution in [3.63, 3.8) is 0 Å². The highest BCUT2D eigenvalue weighted by Gasteiger charge is 2.11. The molecule has 0 saturated heterocycles. The third-order valence-electron chi connectivity index (χ3n) is 2.47. The highest BCUT2D eigenvalue weighted by molar-refractivity contribution is 5.77. The SMILES string of the molecule is Cc1ccc(C(C)O)c(OCC(=O)N(C)C)c1. The predicted molar refractivity (Wildman–Crippen MR) is 66.0 cm³/mol. The Balaban J connectivity index is 2.82. The van der Waals surface area contributed by atoms with Crippen LogP contribution >= 0.6 is 0 Å². The summed E-state index contributed by atoms with van der Waals surface area (Å²) in [4.78, 5) is 12.9. The Morgan fingerprint density at radius 3 is 2.65 bits per heavy atom. The van der Waals surface area contributed by atoms with Gasteiger partial charge in [0.05, 0.1) is 6.10 Å². The maximum atomic E-state index is 11.4. The fraction of sp³-hybridized carbons (Fsp3) is 0.462. The van der Waals surface area contributed by atoms with Crippen molar-refractivity contribution in [3.05, 3.63) is 29.3 Å². The van der Waals surface area contributed by atoms with Crippen LogP contribution in [0.1, 0.15) is 24.2 Å². The van der Waals surface area contributed by atoms with Gasteiger partial charge in [0.2, 0.25) is 0 Å². The lowest BCUT2D eigenvalue weighted by atomic mass is 10.1. The number of hydrogen-bond donors (Lipinski definition) is 1. The quantitative estimate of drug-likeness (QED) is 0.863. The number of hydrogen-bond acceptors (Lipinski definition) is 3. The molecule has 1 atom stereocenters. The van der Waals surface area contributed by atoms with Crippen LogP contribution in [0.25, 0.3) is 0 Å². The summed E-state index contributed by atoms with van der Waals surface area (Å²) in [5, 5.41) is 9.59. The smallest absolute Gasteiger partial charge is 0.259 e. The van der Waals surface area contributed by atoms with Gasteiger partial charge in [0, 0.05) is 19.7 Å². The lowest BCUT2D eigenvalue weighted by molar-refractivity contribution is -0.130. The zero-order chi connectivity index (χ0) is 13.0. The van der Waals surface area contributed by atoms with E-state index < -0.39 is 6.10 Å². The number of benzene rings is 1. The van der Waals surface area contributed by atoms with E-state index in [1.165, 1.54) is 4.90 Å². The third kappa shape index (κ3) is 3.75. The number of aliphatic hydroxyl groups is 1. The molecule has 1 rings (SSSR count). The minimum absolute atomic E-state index is 0.0177. The first-order valence-electron chi connectivity index (χ1n) is 5.53. The van der Waals surface area contributed by atoms with Gasteiger partial charge in [-0.1, -0.05) is 12.1 Å². The van der Waals surface area contributed by atoms with Crippen LogP contribution in [-0.2, 0) is 4.79 Å². The molecule has 0 bridgehead atoms. The van der Waals surface area contributed by atoms with E-state index in [0.717, 1.165) is 5.56 Å². The average molecular weight is 237 g/mol. The molecule has 0 fully saturated rings. The number of nitrogens with zero attached hydrogens (tertiary/aromatic N) is 1. The highest BCUT2D eigenvalue weighted by Crippen LogP contribution is 2.26. The maximum Gasteiger partial charge on any atom is 0.259 e. The van der Waals surface area contributed by atoms with Crippen molar-refractivity contribution in [2.24, 2.45) is 0 Å². The molecule has 0 heterocycles. The van der Waals surface area contributed by atoms with Gasteiger partial charge in [-0.15, -0.1) is 0 Å². The lowest BCUT2D eigenvalue weighted by Gasteiger charge is -2.15. The van der Waals surface area contributed by atoms with Gasteiger partial charge in [0.1, 0.15) is 5.75 Å². The molecule has 0 aromatic heterocycles. The van der Waals surface area contributed by atoms with E-state index in [0.29, 0.717) is 11.3 Å². The monoisotopic (exact) mass is 237 g/mol. The molecule has 0 spiro atoms. The number of ether oxygens (including phenoxy) is 1. The minimum atomic E-state index is -0.611. The molecule has 1 aromatic carbocycles. The van der Waals surface area contributed by atoms with Crippen molar-refractivity contribution in [2.45, 2.75) is 20.0 Å². The Morgan fingerprint density at radius 2 is 2.12 bits per heavy atom. The second kappa shape index (κ2) is 5.68. The molecule has 1 amide bonds. The van der Waals surface area contributed by atoms with Crippen molar-refractivity contribution < 1.29 is 14.6 Å². The van der Waals surface area contributed by atoms with Crippen molar-refractivity contribution in [3.8, 4) is 5.75 Å². The van der Waals surface area contributed by atoms with E-state index in [-0.39, 0.29) is 12.5 Å². The maximum absolute atomic E-state index is 11.4. The van der Waals surface area contributed by atoms with Crippen LogP contribution in [0.5, 0.6) is 5.75 Å². The standard InChI is InChI=1S/C13H19NO3/c1-9-5-6-11(10(2)15)12(7-9)17-8-13(16)14(3)4/h5-7,10,15H,8H2,1-4H3. The molecule has 1 unspecified atom stereocenters. The fourth-order valence-electron chi connectivity index (χ4n) is 1.38. The molecule has 4 nitrogen and oxygen atoms in total.